The van der Waals surface area contributed by atoms with E-state index in [1.54, 1.807) is 36.4 Å². The molecular weight excluding hydrogens is 558 g/mol. The maximum atomic E-state index is 14.2. The summed E-state index contributed by atoms with van der Waals surface area (Å²) in [5.74, 6) is -0.531. The van der Waals surface area contributed by atoms with Gasteiger partial charge in [0.25, 0.3) is 0 Å². The van der Waals surface area contributed by atoms with Crippen LogP contribution in [0.2, 0.25) is 5.02 Å². The standard InChI is InChI=1S/C32H40ClN3O4S/c1-23(2)20-34-32(38)30(19-25-11-7-6-8-12-25)35(21-26-15-17-27(33)18-16-26)31(37)22-36(41(5,39)40)29-14-10-9-13-28(29)24(3)4/h6-18,23-24,30H,19-22H2,1-5H3,(H,34,38)/t30-/m1/s1. The molecule has 9 heteroatoms. The first kappa shape index (κ1) is 32.2. The van der Waals surface area contributed by atoms with Gasteiger partial charge in [-0.25, -0.2) is 8.42 Å². The highest BCUT2D eigenvalue weighted by atomic mass is 35.5. The number of hydrogen-bond acceptors (Lipinski definition) is 4. The molecule has 0 heterocycles. The van der Waals surface area contributed by atoms with E-state index in [2.05, 4.69) is 5.32 Å². The highest BCUT2D eigenvalue weighted by Gasteiger charge is 2.33. The van der Waals surface area contributed by atoms with Crippen LogP contribution in [0.25, 0.3) is 0 Å². The van der Waals surface area contributed by atoms with Crippen LogP contribution in [-0.2, 0) is 32.6 Å². The fourth-order valence-electron chi connectivity index (χ4n) is 4.56. The second kappa shape index (κ2) is 14.5. The fraction of sp³-hybridized carbons (Fsp3) is 0.375. The molecule has 0 saturated carbocycles. The van der Waals surface area contributed by atoms with Crippen LogP contribution < -0.4 is 9.62 Å². The number of anilines is 1. The quantitative estimate of drug-likeness (QED) is 0.276. The molecule has 0 saturated heterocycles. The van der Waals surface area contributed by atoms with Crippen LogP contribution in [0.15, 0.2) is 78.9 Å². The summed E-state index contributed by atoms with van der Waals surface area (Å²) < 4.78 is 27.3. The minimum absolute atomic E-state index is 0.0309. The van der Waals surface area contributed by atoms with Crippen molar-refractivity contribution < 1.29 is 18.0 Å². The number of carbonyl (C=O) groups excluding carboxylic acids is 2. The average molecular weight is 598 g/mol. The van der Waals surface area contributed by atoms with Gasteiger partial charge in [-0.05, 0) is 46.7 Å². The van der Waals surface area contributed by atoms with Crippen molar-refractivity contribution >= 4 is 39.1 Å². The Hall–Kier alpha value is -3.36. The molecule has 0 aromatic heterocycles. The van der Waals surface area contributed by atoms with Crippen LogP contribution in [0.4, 0.5) is 5.69 Å². The number of carbonyl (C=O) groups is 2. The average Bonchev–Trinajstić information content (AvgIpc) is 2.93. The van der Waals surface area contributed by atoms with Crippen LogP contribution in [-0.4, -0.2) is 50.5 Å². The van der Waals surface area contributed by atoms with E-state index in [9.17, 15) is 18.0 Å². The van der Waals surface area contributed by atoms with Crippen molar-refractivity contribution in [2.24, 2.45) is 5.92 Å². The van der Waals surface area contributed by atoms with Gasteiger partial charge < -0.3 is 10.2 Å². The largest absolute Gasteiger partial charge is 0.354 e. The van der Waals surface area contributed by atoms with Crippen LogP contribution in [0.3, 0.4) is 0 Å². The Morgan fingerprint density at radius 3 is 2.05 bits per heavy atom. The van der Waals surface area contributed by atoms with Crippen molar-refractivity contribution in [1.82, 2.24) is 10.2 Å². The lowest BCUT2D eigenvalue weighted by atomic mass is 10.0. The van der Waals surface area contributed by atoms with Gasteiger partial charge in [0.05, 0.1) is 11.9 Å². The highest BCUT2D eigenvalue weighted by Crippen LogP contribution is 2.29. The molecule has 1 N–H and O–H groups in total. The number of halogens is 1. The summed E-state index contributed by atoms with van der Waals surface area (Å²) in [6.45, 7) is 8.06. The molecule has 41 heavy (non-hydrogen) atoms. The third-order valence-corrected chi connectivity index (χ3v) is 8.11. The van der Waals surface area contributed by atoms with Crippen molar-refractivity contribution in [2.45, 2.75) is 52.6 Å². The Labute approximate surface area is 249 Å². The summed E-state index contributed by atoms with van der Waals surface area (Å²) in [6, 6.07) is 22.9. The van der Waals surface area contributed by atoms with Crippen molar-refractivity contribution in [1.29, 1.82) is 0 Å². The highest BCUT2D eigenvalue weighted by molar-refractivity contribution is 7.92. The van der Waals surface area contributed by atoms with Gasteiger partial charge in [-0.1, -0.05) is 100.0 Å². The zero-order chi connectivity index (χ0) is 30.2. The first-order valence-electron chi connectivity index (χ1n) is 13.8. The lowest BCUT2D eigenvalue weighted by molar-refractivity contribution is -0.140. The number of nitrogens with zero attached hydrogens (tertiary/aromatic N) is 2. The first-order chi connectivity index (χ1) is 19.4. The third-order valence-electron chi connectivity index (χ3n) is 6.73. The van der Waals surface area contributed by atoms with E-state index < -0.39 is 28.5 Å². The minimum atomic E-state index is -3.84. The molecule has 0 aliphatic rings. The number of hydrogen-bond donors (Lipinski definition) is 1. The summed E-state index contributed by atoms with van der Waals surface area (Å²) in [6.07, 6.45) is 1.36. The molecular formula is C32H40ClN3O4S. The molecule has 0 unspecified atom stereocenters. The van der Waals surface area contributed by atoms with E-state index in [4.69, 9.17) is 11.6 Å². The Kier molecular flexibility index (Phi) is 11.4. The number of sulfonamides is 1. The summed E-state index contributed by atoms with van der Waals surface area (Å²) in [5.41, 5.74) is 2.92. The molecule has 0 radical (unpaired) electrons. The molecule has 3 aromatic carbocycles. The molecule has 220 valence electrons. The normalized spacial score (nSPS) is 12.3. The number of rotatable bonds is 13. The molecule has 3 rings (SSSR count). The van der Waals surface area contributed by atoms with Gasteiger partial charge in [0.15, 0.2) is 0 Å². The van der Waals surface area contributed by atoms with Gasteiger partial charge in [0, 0.05) is 24.5 Å². The summed E-state index contributed by atoms with van der Waals surface area (Å²) >= 11 is 6.11. The van der Waals surface area contributed by atoms with Gasteiger partial charge in [-0.3, -0.25) is 13.9 Å². The third kappa shape index (κ3) is 9.33. The second-order valence-corrected chi connectivity index (χ2v) is 13.3. The minimum Gasteiger partial charge on any atom is -0.354 e. The van der Waals surface area contributed by atoms with Gasteiger partial charge in [-0.2, -0.15) is 0 Å². The maximum Gasteiger partial charge on any atom is 0.244 e. The molecule has 7 nitrogen and oxygen atoms in total. The SMILES string of the molecule is CC(C)CNC(=O)[C@@H](Cc1ccccc1)N(Cc1ccc(Cl)cc1)C(=O)CN(c1ccccc1C(C)C)S(C)(=O)=O. The maximum absolute atomic E-state index is 14.2. The Morgan fingerprint density at radius 2 is 1.46 bits per heavy atom. The molecule has 2 amide bonds. The number of nitrogens with one attached hydrogen (secondary N) is 1. The van der Waals surface area contributed by atoms with E-state index in [1.165, 1.54) is 4.90 Å². The van der Waals surface area contributed by atoms with E-state index in [-0.39, 0.29) is 30.7 Å². The lowest BCUT2D eigenvalue weighted by Crippen LogP contribution is -2.53. The van der Waals surface area contributed by atoms with E-state index in [0.29, 0.717) is 17.3 Å². The molecule has 0 aliphatic heterocycles. The zero-order valence-corrected chi connectivity index (χ0v) is 26.0. The summed E-state index contributed by atoms with van der Waals surface area (Å²) in [5, 5.41) is 3.54. The second-order valence-electron chi connectivity index (χ2n) is 11.0. The topological polar surface area (TPSA) is 86.8 Å². The van der Waals surface area contributed by atoms with Crippen molar-refractivity contribution in [3.63, 3.8) is 0 Å². The van der Waals surface area contributed by atoms with Crippen LogP contribution in [0, 0.1) is 5.92 Å². The van der Waals surface area contributed by atoms with E-state index in [1.807, 2.05) is 70.2 Å². The van der Waals surface area contributed by atoms with E-state index in [0.717, 1.165) is 27.3 Å². The lowest BCUT2D eigenvalue weighted by Gasteiger charge is -2.34. The molecule has 0 aliphatic carbocycles. The van der Waals surface area contributed by atoms with Gasteiger partial charge in [0.2, 0.25) is 21.8 Å². The monoisotopic (exact) mass is 597 g/mol. The predicted molar refractivity (Wildman–Crippen MR) is 167 cm³/mol. The fourth-order valence-corrected chi connectivity index (χ4v) is 5.56. The van der Waals surface area contributed by atoms with E-state index >= 15 is 0 Å². The summed E-state index contributed by atoms with van der Waals surface area (Å²) in [4.78, 5) is 29.4. The van der Waals surface area contributed by atoms with Crippen LogP contribution in [0.1, 0.15) is 50.3 Å². The van der Waals surface area contributed by atoms with Crippen molar-refractivity contribution in [3.8, 4) is 0 Å². The molecule has 0 fully saturated rings. The number of para-hydroxylation sites is 1. The van der Waals surface area contributed by atoms with Crippen LogP contribution >= 0.6 is 11.6 Å². The molecule has 0 spiro atoms. The molecule has 0 bridgehead atoms. The Morgan fingerprint density at radius 1 is 0.854 bits per heavy atom. The molecule has 3 aromatic rings. The van der Waals surface area contributed by atoms with Gasteiger partial charge >= 0.3 is 0 Å². The Bertz CT molecular complexity index is 1410. The number of amides is 2. The molecule has 1 atom stereocenters. The van der Waals surface area contributed by atoms with Crippen molar-refractivity contribution in [2.75, 3.05) is 23.7 Å². The van der Waals surface area contributed by atoms with Gasteiger partial charge in [-0.15, -0.1) is 0 Å². The van der Waals surface area contributed by atoms with Crippen LogP contribution in [0.5, 0.6) is 0 Å². The Balaban J connectivity index is 2.08. The van der Waals surface area contributed by atoms with Gasteiger partial charge in [0.1, 0.15) is 12.6 Å². The number of benzene rings is 3. The smallest absolute Gasteiger partial charge is 0.244 e. The van der Waals surface area contributed by atoms with Crippen molar-refractivity contribution in [3.05, 3.63) is 101 Å². The predicted octanol–water partition coefficient (Wildman–Crippen LogP) is 5.64. The first-order valence-corrected chi connectivity index (χ1v) is 16.0. The zero-order valence-electron chi connectivity index (χ0n) is 24.4. The summed E-state index contributed by atoms with van der Waals surface area (Å²) in [7, 11) is -3.84.